The van der Waals surface area contributed by atoms with E-state index < -0.39 is 6.10 Å². The van der Waals surface area contributed by atoms with Crippen molar-refractivity contribution in [2.24, 2.45) is 0 Å². The fourth-order valence-electron chi connectivity index (χ4n) is 3.42. The number of aliphatic hydroxyl groups excluding tert-OH is 1. The molecule has 1 aliphatic rings. The summed E-state index contributed by atoms with van der Waals surface area (Å²) < 4.78 is 12.8. The third-order valence-electron chi connectivity index (χ3n) is 4.57. The molecule has 0 aromatic carbocycles. The van der Waals surface area contributed by atoms with E-state index in [1.165, 1.54) is 12.1 Å². The molecule has 1 aliphatic heterocycles. The van der Waals surface area contributed by atoms with E-state index in [-0.39, 0.29) is 0 Å². The van der Waals surface area contributed by atoms with Crippen molar-refractivity contribution < 1.29 is 14.3 Å². The fraction of sp³-hybridized carbons (Fsp3) is 0.611. The number of aryl methyl sites for hydroxylation is 2. The zero-order valence-electron chi connectivity index (χ0n) is 14.5. The summed E-state index contributed by atoms with van der Waals surface area (Å²) in [5, 5.41) is 14.8. The second kappa shape index (κ2) is 7.96. The summed E-state index contributed by atoms with van der Waals surface area (Å²) in [6, 6.07) is 6.25. The van der Waals surface area contributed by atoms with Gasteiger partial charge in [0.2, 0.25) is 0 Å². The Kier molecular flexibility index (Phi) is 5.71. The summed E-state index contributed by atoms with van der Waals surface area (Å²) in [5.74, 6) is 0.783. The van der Waals surface area contributed by atoms with Crippen molar-refractivity contribution in [2.45, 2.75) is 52.0 Å². The standard InChI is InChI=1S/C18H27N3O3/c1-14-9-15(2)21(19-14)10-16-5-3-7-20(16)11-17(22)12-23-13-18-6-4-8-24-18/h4,6,8-9,16-17,22H,3,5,7,10-13H2,1-2H3/t16-,17-/m0/s1. The highest BCUT2D eigenvalue weighted by Crippen LogP contribution is 2.20. The van der Waals surface area contributed by atoms with Crippen molar-refractivity contribution in [1.82, 2.24) is 14.7 Å². The first-order valence-electron chi connectivity index (χ1n) is 8.65. The highest BCUT2D eigenvalue weighted by Gasteiger charge is 2.27. The number of ether oxygens (including phenoxy) is 1. The molecule has 3 heterocycles. The van der Waals surface area contributed by atoms with Crippen LogP contribution in [-0.4, -0.2) is 51.6 Å². The van der Waals surface area contributed by atoms with Gasteiger partial charge in [-0.2, -0.15) is 5.10 Å². The molecule has 6 heteroatoms. The van der Waals surface area contributed by atoms with Gasteiger partial charge in [-0.05, 0) is 51.4 Å². The van der Waals surface area contributed by atoms with Crippen molar-refractivity contribution >= 4 is 0 Å². The Hall–Kier alpha value is -1.63. The molecule has 1 saturated heterocycles. The average Bonchev–Trinajstić information content (AvgIpc) is 3.24. The molecular weight excluding hydrogens is 306 g/mol. The minimum atomic E-state index is -0.485. The number of aliphatic hydroxyl groups is 1. The van der Waals surface area contributed by atoms with E-state index in [1.807, 2.05) is 19.1 Å². The number of hydrogen-bond acceptors (Lipinski definition) is 5. The van der Waals surface area contributed by atoms with E-state index in [0.717, 1.165) is 31.0 Å². The number of hydrogen-bond donors (Lipinski definition) is 1. The predicted octanol–water partition coefficient (Wildman–Crippen LogP) is 2.14. The minimum absolute atomic E-state index is 0.323. The van der Waals surface area contributed by atoms with Crippen molar-refractivity contribution in [3.8, 4) is 0 Å². The number of nitrogens with zero attached hydrogens (tertiary/aromatic N) is 3. The molecule has 6 nitrogen and oxygen atoms in total. The van der Waals surface area contributed by atoms with Crippen LogP contribution in [0.5, 0.6) is 0 Å². The highest BCUT2D eigenvalue weighted by atomic mass is 16.5. The van der Waals surface area contributed by atoms with Gasteiger partial charge in [-0.15, -0.1) is 0 Å². The van der Waals surface area contributed by atoms with Gasteiger partial charge in [-0.3, -0.25) is 9.58 Å². The monoisotopic (exact) mass is 333 g/mol. The second-order valence-electron chi connectivity index (χ2n) is 6.65. The summed E-state index contributed by atoms with van der Waals surface area (Å²) in [6.45, 7) is 7.40. The normalized spacial score (nSPS) is 19.9. The molecular formula is C18H27N3O3. The van der Waals surface area contributed by atoms with Gasteiger partial charge in [0.05, 0.1) is 31.2 Å². The Morgan fingerprint density at radius 3 is 3.04 bits per heavy atom. The molecule has 2 aromatic heterocycles. The van der Waals surface area contributed by atoms with Gasteiger partial charge in [0.1, 0.15) is 12.4 Å². The number of furan rings is 1. The predicted molar refractivity (Wildman–Crippen MR) is 90.7 cm³/mol. The molecule has 0 unspecified atom stereocenters. The van der Waals surface area contributed by atoms with Crippen molar-refractivity contribution in [3.05, 3.63) is 41.6 Å². The van der Waals surface area contributed by atoms with E-state index in [4.69, 9.17) is 9.15 Å². The molecule has 0 radical (unpaired) electrons. The van der Waals surface area contributed by atoms with Crippen LogP contribution in [0.3, 0.4) is 0 Å². The average molecular weight is 333 g/mol. The Balaban J connectivity index is 1.45. The van der Waals surface area contributed by atoms with Gasteiger partial charge in [0, 0.05) is 18.3 Å². The summed E-state index contributed by atoms with van der Waals surface area (Å²) in [5.41, 5.74) is 2.25. The molecule has 1 fully saturated rings. The maximum atomic E-state index is 10.3. The summed E-state index contributed by atoms with van der Waals surface area (Å²) in [7, 11) is 0. The molecule has 24 heavy (non-hydrogen) atoms. The Bertz CT molecular complexity index is 623. The van der Waals surface area contributed by atoms with Gasteiger partial charge in [-0.25, -0.2) is 0 Å². The number of rotatable bonds is 8. The van der Waals surface area contributed by atoms with Gasteiger partial charge in [0.15, 0.2) is 0 Å². The topological polar surface area (TPSA) is 63.7 Å². The maximum Gasteiger partial charge on any atom is 0.129 e. The van der Waals surface area contributed by atoms with Crippen molar-refractivity contribution in [2.75, 3.05) is 19.7 Å². The molecule has 0 spiro atoms. The maximum absolute atomic E-state index is 10.3. The highest BCUT2D eigenvalue weighted by molar-refractivity contribution is 5.07. The SMILES string of the molecule is Cc1cc(C)n(C[C@@H]2CCCN2C[C@H](O)COCc2ccco2)n1. The first-order chi connectivity index (χ1) is 11.6. The van der Waals surface area contributed by atoms with Crippen LogP contribution in [0.25, 0.3) is 0 Å². The lowest BCUT2D eigenvalue weighted by atomic mass is 10.2. The molecule has 0 amide bonds. The van der Waals surface area contributed by atoms with Gasteiger partial charge in [-0.1, -0.05) is 0 Å². The minimum Gasteiger partial charge on any atom is -0.467 e. The Morgan fingerprint density at radius 1 is 1.46 bits per heavy atom. The second-order valence-corrected chi connectivity index (χ2v) is 6.65. The Labute approximate surface area is 143 Å². The van der Waals surface area contributed by atoms with E-state index in [9.17, 15) is 5.11 Å². The molecule has 2 atom stereocenters. The van der Waals surface area contributed by atoms with E-state index in [0.29, 0.717) is 25.8 Å². The lowest BCUT2D eigenvalue weighted by molar-refractivity contribution is 0.00210. The molecule has 3 rings (SSSR count). The van der Waals surface area contributed by atoms with Gasteiger partial charge >= 0.3 is 0 Å². The van der Waals surface area contributed by atoms with E-state index >= 15 is 0 Å². The molecule has 132 valence electrons. The lowest BCUT2D eigenvalue weighted by Crippen LogP contribution is -2.40. The number of aromatic nitrogens is 2. The van der Waals surface area contributed by atoms with Crippen molar-refractivity contribution in [1.29, 1.82) is 0 Å². The molecule has 1 N–H and O–H groups in total. The van der Waals surface area contributed by atoms with Crippen LogP contribution >= 0.6 is 0 Å². The van der Waals surface area contributed by atoms with E-state index in [2.05, 4.69) is 27.7 Å². The Morgan fingerprint density at radius 2 is 2.33 bits per heavy atom. The van der Waals surface area contributed by atoms with Gasteiger partial charge in [0.25, 0.3) is 0 Å². The molecule has 0 aliphatic carbocycles. The van der Waals surface area contributed by atoms with Crippen LogP contribution in [0.4, 0.5) is 0 Å². The van der Waals surface area contributed by atoms with Crippen LogP contribution < -0.4 is 0 Å². The number of β-amino-alcohol motifs (C(OH)–C–C–N with tert-alkyl or cyclic N) is 1. The summed E-state index contributed by atoms with van der Waals surface area (Å²) in [6.07, 6.45) is 3.46. The van der Waals surface area contributed by atoms with E-state index in [1.54, 1.807) is 6.26 Å². The van der Waals surface area contributed by atoms with Crippen LogP contribution in [0.2, 0.25) is 0 Å². The van der Waals surface area contributed by atoms with Crippen LogP contribution in [0.1, 0.15) is 30.0 Å². The fourth-order valence-corrected chi connectivity index (χ4v) is 3.42. The van der Waals surface area contributed by atoms with Crippen molar-refractivity contribution in [3.63, 3.8) is 0 Å². The zero-order chi connectivity index (χ0) is 16.9. The van der Waals surface area contributed by atoms with Gasteiger partial charge < -0.3 is 14.3 Å². The number of likely N-dealkylation sites (tertiary alicyclic amines) is 1. The molecule has 0 bridgehead atoms. The molecule has 0 saturated carbocycles. The zero-order valence-corrected chi connectivity index (χ0v) is 14.5. The smallest absolute Gasteiger partial charge is 0.129 e. The van der Waals surface area contributed by atoms with Crippen LogP contribution in [0, 0.1) is 13.8 Å². The largest absolute Gasteiger partial charge is 0.467 e. The third kappa shape index (κ3) is 4.47. The first-order valence-corrected chi connectivity index (χ1v) is 8.65. The summed E-state index contributed by atoms with van der Waals surface area (Å²) >= 11 is 0. The van der Waals surface area contributed by atoms with Crippen LogP contribution in [0.15, 0.2) is 28.9 Å². The molecule has 2 aromatic rings. The first kappa shape index (κ1) is 17.2. The quantitative estimate of drug-likeness (QED) is 0.802. The van der Waals surface area contributed by atoms with Crippen LogP contribution in [-0.2, 0) is 17.9 Å². The summed E-state index contributed by atoms with van der Waals surface area (Å²) in [4.78, 5) is 2.36. The lowest BCUT2D eigenvalue weighted by Gasteiger charge is -2.27. The third-order valence-corrected chi connectivity index (χ3v) is 4.57.